The van der Waals surface area contributed by atoms with E-state index in [0.29, 0.717) is 34.9 Å². The molecule has 3 heterocycles. The predicted molar refractivity (Wildman–Crippen MR) is 123 cm³/mol. The van der Waals surface area contributed by atoms with Gasteiger partial charge in [-0.3, -0.25) is 9.36 Å². The molecule has 1 fully saturated rings. The lowest BCUT2D eigenvalue weighted by atomic mass is 9.74. The Labute approximate surface area is 187 Å². The number of halogens is 1. The zero-order chi connectivity index (χ0) is 22.4. The monoisotopic (exact) mass is 441 g/mol. The first-order chi connectivity index (χ1) is 16.1. The minimum atomic E-state index is -0.569. The molecule has 0 atom stereocenters. The average molecular weight is 441 g/mol. The highest BCUT2D eigenvalue weighted by molar-refractivity contribution is 5.82. The summed E-state index contributed by atoms with van der Waals surface area (Å²) in [6.07, 6.45) is 6.36. The summed E-state index contributed by atoms with van der Waals surface area (Å²) in [4.78, 5) is 34.1. The maximum absolute atomic E-state index is 14.6. The predicted octanol–water partition coefficient (Wildman–Crippen LogP) is 3.77. The summed E-state index contributed by atoms with van der Waals surface area (Å²) in [5.74, 6) is 0.671. The van der Waals surface area contributed by atoms with Crippen molar-refractivity contribution >= 4 is 27.9 Å². The van der Waals surface area contributed by atoms with Gasteiger partial charge in [0.25, 0.3) is 5.56 Å². The zero-order valence-electron chi connectivity index (χ0n) is 17.6. The Morgan fingerprint density at radius 1 is 1.06 bits per heavy atom. The zero-order valence-corrected chi connectivity index (χ0v) is 17.6. The van der Waals surface area contributed by atoms with Crippen LogP contribution in [0.2, 0.25) is 0 Å². The number of benzene rings is 2. The fourth-order valence-corrected chi connectivity index (χ4v) is 4.56. The molecule has 0 radical (unpaired) electrons. The molecule has 1 saturated carbocycles. The molecule has 8 nitrogen and oxygen atoms in total. The van der Waals surface area contributed by atoms with Gasteiger partial charge in [-0.05, 0) is 43.5 Å². The van der Waals surface area contributed by atoms with Gasteiger partial charge < -0.3 is 10.3 Å². The lowest BCUT2D eigenvalue weighted by Crippen LogP contribution is -2.48. The Kier molecular flexibility index (Phi) is 4.42. The van der Waals surface area contributed by atoms with E-state index >= 15 is 0 Å². The Balaban J connectivity index is 1.49. The minimum absolute atomic E-state index is 0.00399. The van der Waals surface area contributed by atoms with E-state index < -0.39 is 11.4 Å². The second-order valence-corrected chi connectivity index (χ2v) is 8.40. The van der Waals surface area contributed by atoms with Gasteiger partial charge in [-0.2, -0.15) is 0 Å². The summed E-state index contributed by atoms with van der Waals surface area (Å²) >= 11 is 0. The van der Waals surface area contributed by atoms with Gasteiger partial charge in [0, 0.05) is 12.0 Å². The summed E-state index contributed by atoms with van der Waals surface area (Å²) in [5, 5.41) is 3.57. The number of nitrogens with zero attached hydrogens (tertiary/aromatic N) is 5. The molecule has 0 saturated heterocycles. The van der Waals surface area contributed by atoms with Crippen molar-refractivity contribution in [1.82, 2.24) is 29.5 Å². The molecule has 0 amide bonds. The van der Waals surface area contributed by atoms with Gasteiger partial charge >= 0.3 is 0 Å². The van der Waals surface area contributed by atoms with E-state index in [4.69, 9.17) is 4.98 Å². The number of H-pyrrole nitrogens is 1. The highest BCUT2D eigenvalue weighted by Gasteiger charge is 2.39. The number of aromatic amines is 1. The van der Waals surface area contributed by atoms with Crippen molar-refractivity contribution in [3.63, 3.8) is 0 Å². The van der Waals surface area contributed by atoms with Crippen LogP contribution in [0.5, 0.6) is 0 Å². The van der Waals surface area contributed by atoms with Crippen LogP contribution in [0.1, 0.15) is 25.1 Å². The summed E-state index contributed by atoms with van der Waals surface area (Å²) in [5.41, 5.74) is 1.58. The molecule has 1 aliphatic carbocycles. The molecule has 6 rings (SSSR count). The van der Waals surface area contributed by atoms with E-state index in [1.165, 1.54) is 17.0 Å². The number of imidazole rings is 1. The Morgan fingerprint density at radius 3 is 2.70 bits per heavy atom. The molecule has 5 aromatic rings. The number of para-hydroxylation sites is 1. The van der Waals surface area contributed by atoms with Crippen molar-refractivity contribution in [2.24, 2.45) is 0 Å². The van der Waals surface area contributed by atoms with Crippen LogP contribution in [0.3, 0.4) is 0 Å². The molecule has 1 aliphatic rings. The van der Waals surface area contributed by atoms with Gasteiger partial charge in [0.15, 0.2) is 11.5 Å². The lowest BCUT2D eigenvalue weighted by Gasteiger charge is -2.43. The topological polar surface area (TPSA) is 101 Å². The quantitative estimate of drug-likeness (QED) is 0.431. The van der Waals surface area contributed by atoms with Crippen LogP contribution in [0.15, 0.2) is 66.0 Å². The van der Waals surface area contributed by atoms with E-state index in [-0.39, 0.29) is 10.9 Å². The lowest BCUT2D eigenvalue weighted by molar-refractivity contribution is 0.270. The number of anilines is 1. The molecule has 0 aliphatic heterocycles. The van der Waals surface area contributed by atoms with Crippen LogP contribution in [-0.2, 0) is 6.42 Å². The Hall–Kier alpha value is -4.14. The molecule has 3 aromatic heterocycles. The van der Waals surface area contributed by atoms with E-state index in [0.717, 1.165) is 24.8 Å². The number of hydrogen-bond donors (Lipinski definition) is 2. The van der Waals surface area contributed by atoms with Crippen molar-refractivity contribution < 1.29 is 4.39 Å². The normalized spacial score (nSPS) is 14.9. The SMILES string of the molecule is O=c1c2c(F)cccc2nc(CC2(Nc3ncnc4nc[nH]c34)CCC2)n1-c1ccccc1. The Bertz CT molecular complexity index is 1540. The first kappa shape index (κ1) is 19.5. The van der Waals surface area contributed by atoms with Crippen molar-refractivity contribution in [3.05, 3.63) is 83.2 Å². The van der Waals surface area contributed by atoms with Crippen LogP contribution in [0.4, 0.5) is 10.2 Å². The number of aromatic nitrogens is 6. The molecular formula is C24H20FN7O. The number of hydrogen-bond acceptors (Lipinski definition) is 6. The maximum Gasteiger partial charge on any atom is 0.268 e. The number of rotatable bonds is 5. The third-order valence-electron chi connectivity index (χ3n) is 6.34. The summed E-state index contributed by atoms with van der Waals surface area (Å²) in [6, 6.07) is 13.8. The van der Waals surface area contributed by atoms with E-state index in [1.807, 2.05) is 30.3 Å². The fraction of sp³-hybridized carbons (Fsp3) is 0.208. The average Bonchev–Trinajstić information content (AvgIpc) is 3.28. The number of fused-ring (bicyclic) bond motifs is 2. The van der Waals surface area contributed by atoms with Gasteiger partial charge in [-0.25, -0.2) is 24.3 Å². The third kappa shape index (κ3) is 3.24. The largest absolute Gasteiger partial charge is 0.362 e. The van der Waals surface area contributed by atoms with Gasteiger partial charge in [0.05, 0.1) is 17.5 Å². The summed E-state index contributed by atoms with van der Waals surface area (Å²) in [7, 11) is 0. The van der Waals surface area contributed by atoms with Crippen LogP contribution in [-0.4, -0.2) is 35.0 Å². The third-order valence-corrected chi connectivity index (χ3v) is 6.34. The fourth-order valence-electron chi connectivity index (χ4n) is 4.56. The highest BCUT2D eigenvalue weighted by atomic mass is 19.1. The molecule has 164 valence electrons. The van der Waals surface area contributed by atoms with Crippen LogP contribution in [0, 0.1) is 5.82 Å². The number of nitrogens with one attached hydrogen (secondary N) is 2. The molecule has 33 heavy (non-hydrogen) atoms. The molecular weight excluding hydrogens is 421 g/mol. The van der Waals surface area contributed by atoms with Gasteiger partial charge in [0.1, 0.15) is 28.9 Å². The summed E-state index contributed by atoms with van der Waals surface area (Å²) < 4.78 is 16.1. The van der Waals surface area contributed by atoms with Crippen molar-refractivity contribution in [1.29, 1.82) is 0 Å². The first-order valence-corrected chi connectivity index (χ1v) is 10.8. The van der Waals surface area contributed by atoms with Crippen LogP contribution < -0.4 is 10.9 Å². The van der Waals surface area contributed by atoms with Crippen molar-refractivity contribution in [2.45, 2.75) is 31.2 Å². The molecule has 2 N–H and O–H groups in total. The van der Waals surface area contributed by atoms with E-state index in [1.54, 1.807) is 18.5 Å². The second kappa shape index (κ2) is 7.47. The molecule has 2 aromatic carbocycles. The van der Waals surface area contributed by atoms with Crippen LogP contribution >= 0.6 is 0 Å². The maximum atomic E-state index is 14.6. The minimum Gasteiger partial charge on any atom is -0.362 e. The van der Waals surface area contributed by atoms with Crippen molar-refractivity contribution in [2.75, 3.05) is 5.32 Å². The van der Waals surface area contributed by atoms with E-state index in [2.05, 4.69) is 25.3 Å². The molecule has 0 unspecified atom stereocenters. The summed E-state index contributed by atoms with van der Waals surface area (Å²) in [6.45, 7) is 0. The molecule has 0 bridgehead atoms. The standard InChI is InChI=1S/C24H20FN7O/c25-16-8-4-9-17-19(16)23(33)32(15-6-2-1-3-7-15)18(30-17)12-24(10-5-11-24)31-22-20-21(27-13-26-20)28-14-29-22/h1-4,6-9,13-14H,5,10-12H2,(H2,26,27,28,29,31). The van der Waals surface area contributed by atoms with Gasteiger partial charge in [-0.15, -0.1) is 0 Å². The molecule has 9 heteroatoms. The smallest absolute Gasteiger partial charge is 0.268 e. The van der Waals surface area contributed by atoms with Crippen LogP contribution in [0.25, 0.3) is 27.8 Å². The molecule has 0 spiro atoms. The van der Waals surface area contributed by atoms with Crippen molar-refractivity contribution in [3.8, 4) is 5.69 Å². The Morgan fingerprint density at radius 2 is 1.91 bits per heavy atom. The second-order valence-electron chi connectivity index (χ2n) is 8.40. The van der Waals surface area contributed by atoms with Gasteiger partial charge in [0.2, 0.25) is 0 Å². The van der Waals surface area contributed by atoms with E-state index in [9.17, 15) is 9.18 Å². The van der Waals surface area contributed by atoms with Gasteiger partial charge in [-0.1, -0.05) is 24.3 Å². The highest BCUT2D eigenvalue weighted by Crippen LogP contribution is 2.38. The first-order valence-electron chi connectivity index (χ1n) is 10.8.